The van der Waals surface area contributed by atoms with E-state index >= 15 is 0 Å². The van der Waals surface area contributed by atoms with Crippen molar-refractivity contribution in [3.8, 4) is 11.5 Å². The minimum atomic E-state index is -0.299. The van der Waals surface area contributed by atoms with Crippen LogP contribution in [0.1, 0.15) is 43.1 Å². The van der Waals surface area contributed by atoms with Crippen LogP contribution in [0.4, 0.5) is 0 Å². The lowest BCUT2D eigenvalue weighted by Gasteiger charge is -2.17. The summed E-state index contributed by atoms with van der Waals surface area (Å²) in [6.07, 6.45) is 0. The molecular weight excluding hydrogens is 468 g/mol. The second kappa shape index (κ2) is 10.1. The number of ether oxygens (including phenoxy) is 2. The molecule has 1 aliphatic heterocycles. The third-order valence-corrected chi connectivity index (χ3v) is 6.53. The van der Waals surface area contributed by atoms with Crippen LogP contribution in [0.2, 0.25) is 0 Å². The van der Waals surface area contributed by atoms with E-state index in [-0.39, 0.29) is 30.5 Å². The van der Waals surface area contributed by atoms with Crippen LogP contribution >= 0.6 is 0 Å². The molecule has 7 nitrogen and oxygen atoms in total. The van der Waals surface area contributed by atoms with Crippen LogP contribution in [0, 0.1) is 6.92 Å². The average molecular weight is 495 g/mol. The van der Waals surface area contributed by atoms with E-state index in [1.165, 1.54) is 11.0 Å². The number of nitrogens with zero attached hydrogens (tertiary/aromatic N) is 2. The second-order valence-corrected chi connectivity index (χ2v) is 8.90. The van der Waals surface area contributed by atoms with E-state index in [1.54, 1.807) is 35.9 Å². The van der Waals surface area contributed by atoms with E-state index in [0.29, 0.717) is 23.4 Å². The Balaban J connectivity index is 1.30. The highest BCUT2D eigenvalue weighted by Crippen LogP contribution is 2.25. The van der Waals surface area contributed by atoms with Gasteiger partial charge in [0.25, 0.3) is 17.4 Å². The highest BCUT2D eigenvalue weighted by atomic mass is 16.5. The molecule has 1 aromatic heterocycles. The van der Waals surface area contributed by atoms with Gasteiger partial charge in [-0.2, -0.15) is 0 Å². The van der Waals surface area contributed by atoms with Crippen molar-refractivity contribution in [1.82, 2.24) is 9.47 Å². The Bertz CT molecular complexity index is 1500. The van der Waals surface area contributed by atoms with Gasteiger partial charge in [-0.1, -0.05) is 48.5 Å². The summed E-state index contributed by atoms with van der Waals surface area (Å²) in [6, 6.07) is 25.3. The van der Waals surface area contributed by atoms with Crippen molar-refractivity contribution in [2.75, 3.05) is 7.11 Å². The molecule has 7 heteroatoms. The SMILES string of the molecule is COc1ccc(Cn2c(C)cc(OCc3ccccc3CN3C(=O)c4ccccc4C3=O)cc2=O)cc1. The molecular formula is C30H26N2O5. The van der Waals surface area contributed by atoms with Crippen molar-refractivity contribution in [1.29, 1.82) is 0 Å². The largest absolute Gasteiger partial charge is 0.497 e. The Labute approximate surface area is 214 Å². The van der Waals surface area contributed by atoms with Gasteiger partial charge in [0.05, 0.1) is 31.3 Å². The van der Waals surface area contributed by atoms with Crippen LogP contribution < -0.4 is 15.0 Å². The molecule has 1 aliphatic rings. The maximum Gasteiger partial charge on any atom is 0.261 e. The van der Waals surface area contributed by atoms with E-state index in [2.05, 4.69) is 0 Å². The number of carbonyl (C=O) groups is 2. The highest BCUT2D eigenvalue weighted by molar-refractivity contribution is 6.21. The molecule has 2 amide bonds. The number of hydrogen-bond donors (Lipinski definition) is 0. The summed E-state index contributed by atoms with van der Waals surface area (Å²) in [6.45, 7) is 2.65. The number of carbonyl (C=O) groups excluding carboxylic acids is 2. The Morgan fingerprint density at radius 2 is 1.32 bits per heavy atom. The van der Waals surface area contributed by atoms with E-state index in [9.17, 15) is 14.4 Å². The molecule has 0 spiro atoms. The fourth-order valence-corrected chi connectivity index (χ4v) is 4.47. The van der Waals surface area contributed by atoms with Gasteiger partial charge in [0.1, 0.15) is 18.1 Å². The summed E-state index contributed by atoms with van der Waals surface area (Å²) in [5.41, 5.74) is 4.09. The third kappa shape index (κ3) is 4.89. The number of methoxy groups -OCH3 is 1. The molecule has 0 unspecified atom stereocenters. The first-order valence-electron chi connectivity index (χ1n) is 11.9. The predicted molar refractivity (Wildman–Crippen MR) is 139 cm³/mol. The molecule has 186 valence electrons. The number of benzene rings is 3. The van der Waals surface area contributed by atoms with E-state index in [0.717, 1.165) is 28.1 Å². The Hall–Kier alpha value is -4.65. The van der Waals surface area contributed by atoms with Crippen LogP contribution in [-0.4, -0.2) is 28.4 Å². The van der Waals surface area contributed by atoms with Crippen LogP contribution in [0.15, 0.2) is 89.7 Å². The lowest BCUT2D eigenvalue weighted by atomic mass is 10.1. The standard InChI is InChI=1S/C30H26N2O5/c1-20-15-25(16-28(33)31(20)17-21-11-13-24(36-2)14-12-21)37-19-23-8-4-3-7-22(23)18-32-29(34)26-9-5-6-10-27(26)30(32)35/h3-16H,17-19H2,1-2H3. The lowest BCUT2D eigenvalue weighted by molar-refractivity contribution is 0.0641. The number of hydrogen-bond acceptors (Lipinski definition) is 5. The summed E-state index contributed by atoms with van der Waals surface area (Å²) in [4.78, 5) is 39.7. The fraction of sp³-hybridized carbons (Fsp3) is 0.167. The van der Waals surface area contributed by atoms with Crippen LogP contribution in [-0.2, 0) is 19.7 Å². The van der Waals surface area contributed by atoms with Gasteiger partial charge >= 0.3 is 0 Å². The zero-order chi connectivity index (χ0) is 25.9. The Morgan fingerprint density at radius 3 is 1.95 bits per heavy atom. The molecule has 4 aromatic rings. The van der Waals surface area contributed by atoms with E-state index < -0.39 is 0 Å². The third-order valence-electron chi connectivity index (χ3n) is 6.53. The average Bonchev–Trinajstić information content (AvgIpc) is 3.15. The van der Waals surface area contributed by atoms with Crippen LogP contribution in [0.25, 0.3) is 0 Å². The number of imide groups is 1. The molecule has 5 rings (SSSR count). The molecule has 0 bridgehead atoms. The monoisotopic (exact) mass is 494 g/mol. The summed E-state index contributed by atoms with van der Waals surface area (Å²) in [5, 5.41) is 0. The van der Waals surface area contributed by atoms with Gasteiger partial charge in [-0.25, -0.2) is 0 Å². The number of aryl methyl sites for hydroxylation is 1. The van der Waals surface area contributed by atoms with Crippen molar-refractivity contribution in [2.24, 2.45) is 0 Å². The summed E-state index contributed by atoms with van der Waals surface area (Å²) < 4.78 is 12.9. The Morgan fingerprint density at radius 1 is 0.703 bits per heavy atom. The minimum Gasteiger partial charge on any atom is -0.497 e. The zero-order valence-corrected chi connectivity index (χ0v) is 20.6. The van der Waals surface area contributed by atoms with Crippen molar-refractivity contribution in [3.05, 3.63) is 129 Å². The van der Waals surface area contributed by atoms with Crippen LogP contribution in [0.3, 0.4) is 0 Å². The predicted octanol–water partition coefficient (Wildman–Crippen LogP) is 4.59. The van der Waals surface area contributed by atoms with Gasteiger partial charge in [0.15, 0.2) is 0 Å². The minimum absolute atomic E-state index is 0.147. The molecule has 0 saturated carbocycles. The van der Waals surface area contributed by atoms with Gasteiger partial charge in [-0.05, 0) is 53.9 Å². The summed E-state index contributed by atoms with van der Waals surface area (Å²) >= 11 is 0. The second-order valence-electron chi connectivity index (χ2n) is 8.90. The maximum absolute atomic E-state index is 12.9. The van der Waals surface area contributed by atoms with Crippen molar-refractivity contribution in [3.63, 3.8) is 0 Å². The van der Waals surface area contributed by atoms with E-state index in [4.69, 9.17) is 9.47 Å². The number of rotatable bonds is 8. The topological polar surface area (TPSA) is 77.8 Å². The van der Waals surface area contributed by atoms with Gasteiger partial charge < -0.3 is 14.0 Å². The highest BCUT2D eigenvalue weighted by Gasteiger charge is 2.35. The van der Waals surface area contributed by atoms with Gasteiger partial charge in [-0.15, -0.1) is 0 Å². The lowest BCUT2D eigenvalue weighted by Crippen LogP contribution is -2.29. The number of amides is 2. The number of aromatic nitrogens is 1. The molecule has 0 atom stereocenters. The molecule has 3 aromatic carbocycles. The molecule has 2 heterocycles. The zero-order valence-electron chi connectivity index (χ0n) is 20.6. The quantitative estimate of drug-likeness (QED) is 0.335. The van der Waals surface area contributed by atoms with Crippen molar-refractivity contribution in [2.45, 2.75) is 26.6 Å². The smallest absolute Gasteiger partial charge is 0.261 e. The first kappa shape index (κ1) is 24.1. The normalized spacial score (nSPS) is 12.5. The molecule has 0 aliphatic carbocycles. The van der Waals surface area contributed by atoms with Crippen LogP contribution in [0.5, 0.6) is 11.5 Å². The molecule has 0 radical (unpaired) electrons. The Kier molecular flexibility index (Phi) is 6.60. The van der Waals surface area contributed by atoms with Crippen molar-refractivity contribution >= 4 is 11.8 Å². The molecule has 0 N–H and O–H groups in total. The van der Waals surface area contributed by atoms with Gasteiger partial charge in [0, 0.05) is 11.8 Å². The maximum atomic E-state index is 12.9. The first-order chi connectivity index (χ1) is 17.9. The summed E-state index contributed by atoms with van der Waals surface area (Å²) in [7, 11) is 1.62. The fourth-order valence-electron chi connectivity index (χ4n) is 4.47. The number of fused-ring (bicyclic) bond motifs is 1. The van der Waals surface area contributed by atoms with Crippen molar-refractivity contribution < 1.29 is 19.1 Å². The molecule has 37 heavy (non-hydrogen) atoms. The van der Waals surface area contributed by atoms with Gasteiger partial charge in [-0.3, -0.25) is 19.3 Å². The van der Waals surface area contributed by atoms with Gasteiger partial charge in [0.2, 0.25) is 0 Å². The number of pyridine rings is 1. The first-order valence-corrected chi connectivity index (χ1v) is 11.9. The summed E-state index contributed by atoms with van der Waals surface area (Å²) in [5.74, 6) is 0.628. The molecule has 0 saturated heterocycles. The van der Waals surface area contributed by atoms with E-state index in [1.807, 2.05) is 61.5 Å². The molecule has 0 fully saturated rings.